The van der Waals surface area contributed by atoms with Crippen LogP contribution >= 0.6 is 11.3 Å². The fraction of sp³-hybridized carbons (Fsp3) is 0.214. The summed E-state index contributed by atoms with van der Waals surface area (Å²) >= 11 is 1.31. The number of carboxylic acid groups (broad SMARTS) is 1. The molecule has 0 aliphatic rings. The van der Waals surface area contributed by atoms with Crippen LogP contribution in [0.3, 0.4) is 0 Å². The van der Waals surface area contributed by atoms with Crippen molar-refractivity contribution in [1.82, 2.24) is 0 Å². The Kier molecular flexibility index (Phi) is 3.67. The third kappa shape index (κ3) is 2.71. The zero-order chi connectivity index (χ0) is 13.1. The number of carboxylic acids is 1. The van der Waals surface area contributed by atoms with Gasteiger partial charge in [-0.15, -0.1) is 11.3 Å². The van der Waals surface area contributed by atoms with Crippen LogP contribution in [-0.4, -0.2) is 11.1 Å². The number of benzene rings is 1. The van der Waals surface area contributed by atoms with Gasteiger partial charge in [0, 0.05) is 17.1 Å². The molecule has 2 rings (SSSR count). The van der Waals surface area contributed by atoms with E-state index in [0.717, 1.165) is 10.6 Å². The number of para-hydroxylation sites is 1. The van der Waals surface area contributed by atoms with Crippen molar-refractivity contribution in [2.75, 3.05) is 5.32 Å². The number of nitrogens with one attached hydrogen (secondary N) is 1. The molecular formula is C14H15NO2S. The van der Waals surface area contributed by atoms with Crippen LogP contribution in [0, 0.1) is 13.8 Å². The van der Waals surface area contributed by atoms with Gasteiger partial charge in [-0.2, -0.15) is 0 Å². The van der Waals surface area contributed by atoms with E-state index in [1.807, 2.05) is 12.1 Å². The van der Waals surface area contributed by atoms with Crippen LogP contribution in [0.4, 0.5) is 5.69 Å². The summed E-state index contributed by atoms with van der Waals surface area (Å²) < 4.78 is 0. The van der Waals surface area contributed by atoms with Crippen molar-refractivity contribution in [2.24, 2.45) is 0 Å². The Hall–Kier alpha value is -1.81. The minimum Gasteiger partial charge on any atom is -0.477 e. The summed E-state index contributed by atoms with van der Waals surface area (Å²) in [5, 5.41) is 12.2. The minimum atomic E-state index is -0.863. The number of thiophene rings is 1. The van der Waals surface area contributed by atoms with Crippen LogP contribution in [0.1, 0.15) is 25.7 Å². The van der Waals surface area contributed by atoms with Crippen molar-refractivity contribution in [1.29, 1.82) is 0 Å². The third-order valence-electron chi connectivity index (χ3n) is 2.79. The molecule has 3 nitrogen and oxygen atoms in total. The summed E-state index contributed by atoms with van der Waals surface area (Å²) in [5.74, 6) is -0.863. The maximum Gasteiger partial charge on any atom is 0.345 e. The van der Waals surface area contributed by atoms with Gasteiger partial charge < -0.3 is 10.4 Å². The molecule has 0 radical (unpaired) electrons. The number of anilines is 1. The molecule has 1 heterocycles. The van der Waals surface area contributed by atoms with Crippen LogP contribution in [0.15, 0.2) is 30.3 Å². The Morgan fingerprint density at radius 3 is 2.44 bits per heavy atom. The predicted molar refractivity (Wildman–Crippen MR) is 74.5 cm³/mol. The molecule has 0 atom stereocenters. The molecule has 0 spiro atoms. The number of hydrogen-bond acceptors (Lipinski definition) is 3. The van der Waals surface area contributed by atoms with Crippen molar-refractivity contribution >= 4 is 23.0 Å². The number of rotatable bonds is 4. The van der Waals surface area contributed by atoms with Crippen LogP contribution in [-0.2, 0) is 6.54 Å². The van der Waals surface area contributed by atoms with Gasteiger partial charge in [-0.25, -0.2) is 4.79 Å². The molecule has 0 aliphatic heterocycles. The zero-order valence-corrected chi connectivity index (χ0v) is 11.2. The first-order chi connectivity index (χ1) is 8.58. The average Bonchev–Trinajstić information content (AvgIpc) is 2.77. The highest BCUT2D eigenvalue weighted by Crippen LogP contribution is 2.22. The molecule has 1 aromatic heterocycles. The van der Waals surface area contributed by atoms with Gasteiger partial charge in [-0.1, -0.05) is 18.2 Å². The van der Waals surface area contributed by atoms with Crippen molar-refractivity contribution in [3.05, 3.63) is 51.2 Å². The van der Waals surface area contributed by atoms with Crippen LogP contribution in [0.5, 0.6) is 0 Å². The zero-order valence-electron chi connectivity index (χ0n) is 10.4. The Labute approximate surface area is 110 Å². The van der Waals surface area contributed by atoms with Gasteiger partial charge in [-0.05, 0) is 37.1 Å². The molecule has 0 saturated carbocycles. The fourth-order valence-corrected chi connectivity index (χ4v) is 2.64. The maximum absolute atomic E-state index is 10.8. The van der Waals surface area contributed by atoms with Gasteiger partial charge >= 0.3 is 5.97 Å². The van der Waals surface area contributed by atoms with Crippen molar-refractivity contribution < 1.29 is 9.90 Å². The normalized spacial score (nSPS) is 10.3. The lowest BCUT2D eigenvalue weighted by molar-refractivity contribution is 0.0702. The Morgan fingerprint density at radius 1 is 1.22 bits per heavy atom. The molecule has 0 fully saturated rings. The standard InChI is InChI=1S/C14H15NO2S/c1-9-4-3-5-10(2)13(9)15-8-11-6-7-12(18-11)14(16)17/h3-7,15H,8H2,1-2H3,(H,16,17). The molecule has 0 aliphatic carbocycles. The molecule has 0 amide bonds. The van der Waals surface area contributed by atoms with Crippen LogP contribution < -0.4 is 5.32 Å². The van der Waals surface area contributed by atoms with E-state index in [-0.39, 0.29) is 0 Å². The topological polar surface area (TPSA) is 49.3 Å². The number of aryl methyl sites for hydroxylation is 2. The van der Waals surface area contributed by atoms with E-state index in [4.69, 9.17) is 5.11 Å². The molecular weight excluding hydrogens is 246 g/mol. The van der Waals surface area contributed by atoms with E-state index >= 15 is 0 Å². The van der Waals surface area contributed by atoms with E-state index in [0.29, 0.717) is 11.4 Å². The van der Waals surface area contributed by atoms with Crippen LogP contribution in [0.2, 0.25) is 0 Å². The maximum atomic E-state index is 10.8. The SMILES string of the molecule is Cc1cccc(C)c1NCc1ccc(C(=O)O)s1. The minimum absolute atomic E-state index is 0.383. The lowest BCUT2D eigenvalue weighted by atomic mass is 10.1. The molecule has 0 bridgehead atoms. The van der Waals surface area contributed by atoms with E-state index in [1.54, 1.807) is 6.07 Å². The summed E-state index contributed by atoms with van der Waals surface area (Å²) in [6.45, 7) is 4.78. The Balaban J connectivity index is 2.09. The highest BCUT2D eigenvalue weighted by molar-refractivity contribution is 7.13. The van der Waals surface area contributed by atoms with Gasteiger partial charge in [0.15, 0.2) is 0 Å². The summed E-state index contributed by atoms with van der Waals surface area (Å²) in [4.78, 5) is 12.2. The monoisotopic (exact) mass is 261 g/mol. The molecule has 94 valence electrons. The second-order valence-corrected chi connectivity index (χ2v) is 5.36. The smallest absolute Gasteiger partial charge is 0.345 e. The lowest BCUT2D eigenvalue weighted by Gasteiger charge is -2.11. The second-order valence-electron chi connectivity index (χ2n) is 4.19. The van der Waals surface area contributed by atoms with Gasteiger partial charge in [0.25, 0.3) is 0 Å². The van der Waals surface area contributed by atoms with Gasteiger partial charge in [0.05, 0.1) is 0 Å². The molecule has 1 aromatic carbocycles. The molecule has 0 unspecified atom stereocenters. The number of aromatic carboxylic acids is 1. The second kappa shape index (κ2) is 5.23. The first kappa shape index (κ1) is 12.6. The Morgan fingerprint density at radius 2 is 1.89 bits per heavy atom. The van der Waals surface area contributed by atoms with E-state index in [1.165, 1.54) is 22.5 Å². The third-order valence-corrected chi connectivity index (χ3v) is 3.87. The predicted octanol–water partition coefficient (Wildman–Crippen LogP) is 3.68. The largest absolute Gasteiger partial charge is 0.477 e. The first-order valence-electron chi connectivity index (χ1n) is 5.70. The fourth-order valence-electron chi connectivity index (χ4n) is 1.86. The van der Waals surface area contributed by atoms with E-state index in [2.05, 4.69) is 31.3 Å². The highest BCUT2D eigenvalue weighted by Gasteiger charge is 2.07. The van der Waals surface area contributed by atoms with Crippen molar-refractivity contribution in [3.8, 4) is 0 Å². The molecule has 0 saturated heterocycles. The van der Waals surface area contributed by atoms with Crippen molar-refractivity contribution in [3.63, 3.8) is 0 Å². The number of hydrogen-bond donors (Lipinski definition) is 2. The highest BCUT2D eigenvalue weighted by atomic mass is 32.1. The molecule has 18 heavy (non-hydrogen) atoms. The first-order valence-corrected chi connectivity index (χ1v) is 6.51. The van der Waals surface area contributed by atoms with Crippen LogP contribution in [0.25, 0.3) is 0 Å². The molecule has 4 heteroatoms. The summed E-state index contributed by atoms with van der Waals surface area (Å²) in [6, 6.07) is 9.66. The molecule has 2 N–H and O–H groups in total. The average molecular weight is 261 g/mol. The van der Waals surface area contributed by atoms with Gasteiger partial charge in [-0.3, -0.25) is 0 Å². The summed E-state index contributed by atoms with van der Waals surface area (Å²) in [6.07, 6.45) is 0. The van der Waals surface area contributed by atoms with Crippen molar-refractivity contribution in [2.45, 2.75) is 20.4 Å². The van der Waals surface area contributed by atoms with Gasteiger partial charge in [0.1, 0.15) is 4.88 Å². The summed E-state index contributed by atoms with van der Waals surface area (Å²) in [7, 11) is 0. The molecule has 2 aromatic rings. The van der Waals surface area contributed by atoms with Gasteiger partial charge in [0.2, 0.25) is 0 Å². The summed E-state index contributed by atoms with van der Waals surface area (Å²) in [5.41, 5.74) is 3.53. The number of carbonyl (C=O) groups is 1. The quantitative estimate of drug-likeness (QED) is 0.882. The lowest BCUT2D eigenvalue weighted by Crippen LogP contribution is -2.01. The Bertz CT molecular complexity index is 555. The van der Waals surface area contributed by atoms with E-state index < -0.39 is 5.97 Å². The van der Waals surface area contributed by atoms with E-state index in [9.17, 15) is 4.79 Å².